The Labute approximate surface area is 99.3 Å². The van der Waals surface area contributed by atoms with Gasteiger partial charge in [0.05, 0.1) is 0 Å². The monoisotopic (exact) mass is 217 g/mol. The molecule has 1 aliphatic rings. The molecular weight excluding hydrogens is 194 g/mol. The zero-order valence-corrected chi connectivity index (χ0v) is 10.7. The molecule has 0 unspecified atom stereocenters. The van der Waals surface area contributed by atoms with Crippen LogP contribution in [0.5, 0.6) is 0 Å². The van der Waals surface area contributed by atoms with Gasteiger partial charge in [0.2, 0.25) is 0 Å². The molecule has 1 heterocycles. The molecule has 16 heavy (non-hydrogen) atoms. The molecule has 1 aliphatic heterocycles. The fourth-order valence-corrected chi connectivity index (χ4v) is 2.35. The van der Waals surface area contributed by atoms with E-state index < -0.39 is 0 Å². The van der Waals surface area contributed by atoms with Crippen LogP contribution in [0.2, 0.25) is 0 Å². The van der Waals surface area contributed by atoms with Crippen LogP contribution in [-0.2, 0) is 5.41 Å². The maximum Gasteiger partial charge on any atom is 0.0320 e. The van der Waals surface area contributed by atoms with Crippen LogP contribution in [0.15, 0.2) is 24.3 Å². The van der Waals surface area contributed by atoms with Crippen molar-refractivity contribution in [1.82, 2.24) is 5.32 Å². The molecule has 1 saturated heterocycles. The van der Waals surface area contributed by atoms with Crippen molar-refractivity contribution in [2.75, 3.05) is 6.54 Å². The Bertz CT molecular complexity index is 325. The fraction of sp³-hybridized carbons (Fsp3) is 0.600. The molecule has 1 nitrogen and oxygen atoms in total. The molecule has 0 spiro atoms. The molecule has 0 amide bonds. The van der Waals surface area contributed by atoms with Crippen molar-refractivity contribution in [2.45, 2.75) is 51.5 Å². The lowest BCUT2D eigenvalue weighted by Gasteiger charge is -2.25. The Hall–Kier alpha value is -0.820. The summed E-state index contributed by atoms with van der Waals surface area (Å²) < 4.78 is 0. The second kappa shape index (κ2) is 4.58. The molecule has 0 bridgehead atoms. The van der Waals surface area contributed by atoms with Crippen LogP contribution in [-0.4, -0.2) is 6.54 Å². The molecule has 1 heteroatoms. The minimum absolute atomic E-state index is 0.262. The van der Waals surface area contributed by atoms with E-state index in [9.17, 15) is 0 Å². The first-order valence-corrected chi connectivity index (χ1v) is 6.41. The van der Waals surface area contributed by atoms with Gasteiger partial charge in [-0.25, -0.2) is 0 Å². The zero-order valence-electron chi connectivity index (χ0n) is 10.7. The van der Waals surface area contributed by atoms with Gasteiger partial charge in [-0.15, -0.1) is 0 Å². The number of nitrogens with one attached hydrogen (secondary N) is 1. The highest BCUT2D eigenvalue weighted by Crippen LogP contribution is 2.26. The molecular formula is C15H23N. The van der Waals surface area contributed by atoms with E-state index in [2.05, 4.69) is 50.4 Å². The Morgan fingerprint density at radius 1 is 1.06 bits per heavy atom. The summed E-state index contributed by atoms with van der Waals surface area (Å²) in [6.45, 7) is 7.97. The number of piperidine rings is 1. The number of hydrogen-bond acceptors (Lipinski definition) is 1. The van der Waals surface area contributed by atoms with Crippen molar-refractivity contribution in [3.63, 3.8) is 0 Å². The molecule has 0 aromatic heterocycles. The van der Waals surface area contributed by atoms with E-state index in [4.69, 9.17) is 0 Å². The molecule has 1 aromatic rings. The molecule has 1 atom stereocenters. The summed E-state index contributed by atoms with van der Waals surface area (Å²) in [7, 11) is 0. The number of hydrogen-bond donors (Lipinski definition) is 1. The van der Waals surface area contributed by atoms with E-state index in [1.165, 1.54) is 36.9 Å². The van der Waals surface area contributed by atoms with Crippen LogP contribution in [0.25, 0.3) is 0 Å². The Morgan fingerprint density at radius 3 is 2.25 bits per heavy atom. The van der Waals surface area contributed by atoms with Crippen molar-refractivity contribution in [3.8, 4) is 0 Å². The van der Waals surface area contributed by atoms with Gasteiger partial charge in [-0.05, 0) is 35.9 Å². The second-order valence-electron chi connectivity index (χ2n) is 5.87. The summed E-state index contributed by atoms with van der Waals surface area (Å²) in [5, 5.41) is 3.59. The Morgan fingerprint density at radius 2 is 1.75 bits per heavy atom. The topological polar surface area (TPSA) is 12.0 Å². The molecule has 1 N–H and O–H groups in total. The maximum absolute atomic E-state index is 3.59. The maximum atomic E-state index is 3.59. The van der Waals surface area contributed by atoms with Crippen molar-refractivity contribution < 1.29 is 0 Å². The summed E-state index contributed by atoms with van der Waals surface area (Å²) in [5.41, 5.74) is 3.14. The van der Waals surface area contributed by atoms with E-state index in [-0.39, 0.29) is 5.41 Å². The SMILES string of the molecule is CC(C)(C)c1ccc([C@H]2CCCCN2)cc1. The van der Waals surface area contributed by atoms with Gasteiger partial charge in [-0.2, -0.15) is 0 Å². The lowest BCUT2D eigenvalue weighted by atomic mass is 9.85. The van der Waals surface area contributed by atoms with Gasteiger partial charge in [0.25, 0.3) is 0 Å². The third-order valence-corrected chi connectivity index (χ3v) is 3.49. The van der Waals surface area contributed by atoms with Gasteiger partial charge < -0.3 is 5.32 Å². The first kappa shape index (κ1) is 11.7. The highest BCUT2D eigenvalue weighted by molar-refractivity contribution is 5.29. The highest BCUT2D eigenvalue weighted by atomic mass is 14.9. The van der Waals surface area contributed by atoms with Crippen LogP contribution in [0.1, 0.15) is 57.2 Å². The summed E-state index contributed by atoms with van der Waals surface area (Å²) >= 11 is 0. The smallest absolute Gasteiger partial charge is 0.0320 e. The average Bonchev–Trinajstić information content (AvgIpc) is 2.29. The first-order valence-electron chi connectivity index (χ1n) is 6.41. The zero-order chi connectivity index (χ0) is 11.6. The fourth-order valence-electron chi connectivity index (χ4n) is 2.35. The Balaban J connectivity index is 2.12. The predicted octanol–water partition coefficient (Wildman–Crippen LogP) is 3.80. The summed E-state index contributed by atoms with van der Waals surface area (Å²) in [6, 6.07) is 9.74. The quantitative estimate of drug-likeness (QED) is 0.754. The predicted molar refractivity (Wildman–Crippen MR) is 69.7 cm³/mol. The second-order valence-corrected chi connectivity index (χ2v) is 5.87. The van der Waals surface area contributed by atoms with Crippen LogP contribution >= 0.6 is 0 Å². The number of rotatable bonds is 1. The third kappa shape index (κ3) is 2.65. The third-order valence-electron chi connectivity index (χ3n) is 3.49. The van der Waals surface area contributed by atoms with Gasteiger partial charge in [-0.3, -0.25) is 0 Å². The molecule has 0 radical (unpaired) electrons. The van der Waals surface area contributed by atoms with Gasteiger partial charge in [-0.1, -0.05) is 51.5 Å². The van der Waals surface area contributed by atoms with E-state index >= 15 is 0 Å². The molecule has 1 aromatic carbocycles. The summed E-state index contributed by atoms with van der Waals surface area (Å²) in [4.78, 5) is 0. The van der Waals surface area contributed by atoms with Gasteiger partial charge in [0.15, 0.2) is 0 Å². The van der Waals surface area contributed by atoms with Crippen LogP contribution in [0.3, 0.4) is 0 Å². The number of benzene rings is 1. The molecule has 1 fully saturated rings. The van der Waals surface area contributed by atoms with Crippen molar-refractivity contribution in [2.24, 2.45) is 0 Å². The highest BCUT2D eigenvalue weighted by Gasteiger charge is 2.16. The molecule has 2 rings (SSSR count). The van der Waals surface area contributed by atoms with Crippen LogP contribution in [0.4, 0.5) is 0 Å². The van der Waals surface area contributed by atoms with Crippen LogP contribution < -0.4 is 5.32 Å². The molecule has 0 saturated carbocycles. The lowest BCUT2D eigenvalue weighted by molar-refractivity contribution is 0.412. The standard InChI is InChI=1S/C15H23N/c1-15(2,3)13-9-7-12(8-10-13)14-6-4-5-11-16-14/h7-10,14,16H,4-6,11H2,1-3H3/t14-/m1/s1. The normalized spacial score (nSPS) is 22.1. The van der Waals surface area contributed by atoms with Gasteiger partial charge in [0, 0.05) is 6.04 Å². The minimum atomic E-state index is 0.262. The minimum Gasteiger partial charge on any atom is -0.310 e. The van der Waals surface area contributed by atoms with Crippen molar-refractivity contribution in [3.05, 3.63) is 35.4 Å². The average molecular weight is 217 g/mol. The molecule has 88 valence electrons. The largest absolute Gasteiger partial charge is 0.310 e. The Kier molecular flexibility index (Phi) is 3.34. The lowest BCUT2D eigenvalue weighted by Crippen LogP contribution is -2.26. The summed E-state index contributed by atoms with van der Waals surface area (Å²) in [5.74, 6) is 0. The van der Waals surface area contributed by atoms with Crippen LogP contribution in [0, 0.1) is 0 Å². The van der Waals surface area contributed by atoms with Crippen molar-refractivity contribution >= 4 is 0 Å². The van der Waals surface area contributed by atoms with E-state index in [1.807, 2.05) is 0 Å². The summed E-state index contributed by atoms with van der Waals surface area (Å²) in [6.07, 6.45) is 3.98. The van der Waals surface area contributed by atoms with Gasteiger partial charge in [0.1, 0.15) is 0 Å². The first-order chi connectivity index (χ1) is 7.57. The van der Waals surface area contributed by atoms with E-state index in [1.54, 1.807) is 0 Å². The van der Waals surface area contributed by atoms with Gasteiger partial charge >= 0.3 is 0 Å². The van der Waals surface area contributed by atoms with E-state index in [0.29, 0.717) is 6.04 Å². The molecule has 0 aliphatic carbocycles. The van der Waals surface area contributed by atoms with E-state index in [0.717, 1.165) is 0 Å². The van der Waals surface area contributed by atoms with Crippen molar-refractivity contribution in [1.29, 1.82) is 0 Å².